The summed E-state index contributed by atoms with van der Waals surface area (Å²) in [6.45, 7) is 0.297. The molecule has 1 aromatic heterocycles. The van der Waals surface area contributed by atoms with Gasteiger partial charge in [-0.15, -0.1) is 0 Å². The number of aryl methyl sites for hydroxylation is 1. The minimum atomic E-state index is -0.107. The highest BCUT2D eigenvalue weighted by Gasteiger charge is 2.18. The van der Waals surface area contributed by atoms with Crippen LogP contribution in [0, 0.1) is 0 Å². The molecule has 6 heteroatoms. The number of rotatable bonds is 8. The van der Waals surface area contributed by atoms with Crippen molar-refractivity contribution in [3.05, 3.63) is 66.4 Å². The number of fused-ring (bicyclic) bond motifs is 1. The molecule has 0 fully saturated rings. The summed E-state index contributed by atoms with van der Waals surface area (Å²) in [7, 11) is 1.63. The Morgan fingerprint density at radius 1 is 1.07 bits per heavy atom. The summed E-state index contributed by atoms with van der Waals surface area (Å²) in [6, 6.07) is 17.2. The van der Waals surface area contributed by atoms with E-state index in [9.17, 15) is 14.7 Å². The fraction of sp³-hybridized carbons (Fsp3) is 0.273. The molecule has 1 heterocycles. The molecule has 3 aromatic rings. The minimum absolute atomic E-state index is 0.00824. The van der Waals surface area contributed by atoms with Crippen LogP contribution in [0.1, 0.15) is 12.0 Å². The molecule has 0 aliphatic heterocycles. The average Bonchev–Trinajstić information content (AvgIpc) is 3.08. The number of benzene rings is 2. The monoisotopic (exact) mass is 379 g/mol. The number of nitrogens with zero attached hydrogens (tertiary/aromatic N) is 2. The summed E-state index contributed by atoms with van der Waals surface area (Å²) >= 11 is 0. The predicted molar refractivity (Wildman–Crippen MR) is 110 cm³/mol. The predicted octanol–water partition coefficient (Wildman–Crippen LogP) is 2.35. The van der Waals surface area contributed by atoms with Crippen LogP contribution in [0.4, 0.5) is 5.69 Å². The van der Waals surface area contributed by atoms with E-state index < -0.39 is 0 Å². The molecular weight excluding hydrogens is 354 g/mol. The van der Waals surface area contributed by atoms with Gasteiger partial charge in [0, 0.05) is 42.8 Å². The van der Waals surface area contributed by atoms with Crippen molar-refractivity contribution < 1.29 is 14.7 Å². The number of aromatic nitrogens is 1. The maximum Gasteiger partial charge on any atom is 0.246 e. The molecule has 0 unspecified atom stereocenters. The Morgan fingerprint density at radius 2 is 1.79 bits per heavy atom. The van der Waals surface area contributed by atoms with Gasteiger partial charge < -0.3 is 19.9 Å². The normalized spacial score (nSPS) is 10.8. The maximum absolute atomic E-state index is 13.0. The summed E-state index contributed by atoms with van der Waals surface area (Å²) in [5, 5.41) is 13.1. The lowest BCUT2D eigenvalue weighted by Gasteiger charge is -2.22. The van der Waals surface area contributed by atoms with E-state index in [0.29, 0.717) is 12.8 Å². The number of hydrogen-bond donors (Lipinski definition) is 2. The zero-order valence-electron chi connectivity index (χ0n) is 16.0. The first kappa shape index (κ1) is 19.6. The number of para-hydroxylation sites is 2. The first-order chi connectivity index (χ1) is 13.6. The Labute approximate surface area is 164 Å². The molecule has 2 amide bonds. The van der Waals surface area contributed by atoms with Crippen LogP contribution in [0.15, 0.2) is 60.8 Å². The molecule has 0 bridgehead atoms. The van der Waals surface area contributed by atoms with Gasteiger partial charge in [0.05, 0.1) is 6.61 Å². The Hall–Kier alpha value is -3.12. The van der Waals surface area contributed by atoms with Crippen LogP contribution in [0.25, 0.3) is 10.9 Å². The van der Waals surface area contributed by atoms with Crippen molar-refractivity contribution >= 4 is 28.4 Å². The van der Waals surface area contributed by atoms with Crippen molar-refractivity contribution in [1.29, 1.82) is 0 Å². The average molecular weight is 379 g/mol. The fourth-order valence-electron chi connectivity index (χ4n) is 3.36. The van der Waals surface area contributed by atoms with Crippen molar-refractivity contribution in [2.75, 3.05) is 25.1 Å². The molecular formula is C22H25N3O3. The zero-order chi connectivity index (χ0) is 19.9. The number of nitrogens with one attached hydrogen (secondary N) is 1. The maximum atomic E-state index is 13.0. The van der Waals surface area contributed by atoms with Gasteiger partial charge in [0.25, 0.3) is 0 Å². The second kappa shape index (κ2) is 9.19. The van der Waals surface area contributed by atoms with Crippen LogP contribution >= 0.6 is 0 Å². The molecule has 0 saturated carbocycles. The summed E-state index contributed by atoms with van der Waals surface area (Å²) in [5.41, 5.74) is 2.76. The molecule has 0 aliphatic rings. The highest BCUT2D eigenvalue weighted by atomic mass is 16.3. The van der Waals surface area contributed by atoms with Gasteiger partial charge in [0.1, 0.15) is 6.54 Å². The molecule has 0 saturated heterocycles. The highest BCUT2D eigenvalue weighted by Crippen LogP contribution is 2.23. The van der Waals surface area contributed by atoms with Crippen LogP contribution < -0.4 is 10.2 Å². The second-order valence-electron chi connectivity index (χ2n) is 6.58. The van der Waals surface area contributed by atoms with E-state index in [2.05, 4.69) is 5.32 Å². The third kappa shape index (κ3) is 4.40. The molecule has 2 aromatic carbocycles. The lowest BCUT2D eigenvalue weighted by Crippen LogP contribution is -2.36. The lowest BCUT2D eigenvalue weighted by atomic mass is 10.1. The van der Waals surface area contributed by atoms with Crippen LogP contribution in [0.2, 0.25) is 0 Å². The topological polar surface area (TPSA) is 74.6 Å². The van der Waals surface area contributed by atoms with Gasteiger partial charge in [-0.3, -0.25) is 9.59 Å². The Morgan fingerprint density at radius 3 is 2.50 bits per heavy atom. The van der Waals surface area contributed by atoms with Gasteiger partial charge in [0.15, 0.2) is 0 Å². The molecule has 146 valence electrons. The molecule has 2 N–H and O–H groups in total. The van der Waals surface area contributed by atoms with Gasteiger partial charge in [-0.1, -0.05) is 36.4 Å². The number of amides is 2. The van der Waals surface area contributed by atoms with E-state index in [1.165, 1.54) is 0 Å². The lowest BCUT2D eigenvalue weighted by molar-refractivity contribution is -0.121. The van der Waals surface area contributed by atoms with Crippen LogP contribution in [0.5, 0.6) is 0 Å². The number of carbonyl (C=O) groups excluding carboxylic acids is 2. The van der Waals surface area contributed by atoms with Crippen molar-refractivity contribution in [1.82, 2.24) is 9.88 Å². The third-order valence-corrected chi connectivity index (χ3v) is 4.77. The molecule has 0 atom stereocenters. The number of hydrogen-bond acceptors (Lipinski definition) is 3. The first-order valence-corrected chi connectivity index (χ1v) is 9.37. The van der Waals surface area contributed by atoms with E-state index in [1.807, 2.05) is 65.4 Å². The van der Waals surface area contributed by atoms with Crippen molar-refractivity contribution in [3.63, 3.8) is 0 Å². The van der Waals surface area contributed by atoms with Crippen molar-refractivity contribution in [2.24, 2.45) is 0 Å². The minimum Gasteiger partial charge on any atom is -0.395 e. The number of carbonyl (C=O) groups is 2. The smallest absolute Gasteiger partial charge is 0.246 e. The molecule has 3 rings (SSSR count). The summed E-state index contributed by atoms with van der Waals surface area (Å²) in [4.78, 5) is 26.2. The highest BCUT2D eigenvalue weighted by molar-refractivity contribution is 5.94. The molecule has 6 nitrogen and oxygen atoms in total. The van der Waals surface area contributed by atoms with Gasteiger partial charge in [0.2, 0.25) is 11.8 Å². The largest absolute Gasteiger partial charge is 0.395 e. The number of anilines is 1. The number of aliphatic hydroxyl groups excluding tert-OH is 1. The van der Waals surface area contributed by atoms with Gasteiger partial charge in [-0.05, 0) is 30.2 Å². The second-order valence-corrected chi connectivity index (χ2v) is 6.58. The van der Waals surface area contributed by atoms with Crippen molar-refractivity contribution in [2.45, 2.75) is 19.4 Å². The molecule has 0 spiro atoms. The number of aliphatic hydroxyl groups is 1. The van der Waals surface area contributed by atoms with E-state index in [4.69, 9.17) is 0 Å². The quantitative estimate of drug-likeness (QED) is 0.631. The first-order valence-electron chi connectivity index (χ1n) is 9.37. The van der Waals surface area contributed by atoms with Crippen molar-refractivity contribution in [3.8, 4) is 0 Å². The van der Waals surface area contributed by atoms with E-state index in [-0.39, 0.29) is 31.5 Å². The van der Waals surface area contributed by atoms with Crippen LogP contribution in [0.3, 0.4) is 0 Å². The zero-order valence-corrected chi connectivity index (χ0v) is 16.0. The summed E-state index contributed by atoms with van der Waals surface area (Å²) < 4.78 is 1.92. The fourth-order valence-corrected chi connectivity index (χ4v) is 3.36. The Balaban J connectivity index is 1.86. The van der Waals surface area contributed by atoms with Gasteiger partial charge in [-0.2, -0.15) is 0 Å². The molecule has 0 aliphatic carbocycles. The third-order valence-electron chi connectivity index (χ3n) is 4.77. The van der Waals surface area contributed by atoms with E-state index in [1.54, 1.807) is 11.9 Å². The van der Waals surface area contributed by atoms with Gasteiger partial charge >= 0.3 is 0 Å². The molecule has 0 radical (unpaired) electrons. The van der Waals surface area contributed by atoms with E-state index >= 15 is 0 Å². The Bertz CT molecular complexity index is 950. The SMILES string of the molecule is CNC(=O)CCc1cn(CC(=O)N(CCO)c2ccccc2)c2ccccc12. The molecule has 28 heavy (non-hydrogen) atoms. The van der Waals surface area contributed by atoms with Crippen LogP contribution in [-0.4, -0.2) is 41.7 Å². The van der Waals surface area contributed by atoms with Gasteiger partial charge in [-0.25, -0.2) is 0 Å². The van der Waals surface area contributed by atoms with E-state index in [0.717, 1.165) is 22.2 Å². The summed E-state index contributed by atoms with van der Waals surface area (Å²) in [5.74, 6) is -0.107. The standard InChI is InChI=1S/C22H25N3O3/c1-23-21(27)12-11-17-15-24(20-10-6-5-9-19(17)20)16-22(28)25(13-14-26)18-7-3-2-4-8-18/h2-10,15,26H,11-14,16H2,1H3,(H,23,27). The summed E-state index contributed by atoms with van der Waals surface area (Å²) in [6.07, 6.45) is 2.97. The Kier molecular flexibility index (Phi) is 6.45. The van der Waals surface area contributed by atoms with Crippen LogP contribution in [-0.2, 0) is 22.6 Å².